The fourth-order valence-corrected chi connectivity index (χ4v) is 2.59. The van der Waals surface area contributed by atoms with Crippen molar-refractivity contribution >= 4 is 11.9 Å². The van der Waals surface area contributed by atoms with Crippen molar-refractivity contribution < 1.29 is 15.1 Å². The van der Waals surface area contributed by atoms with Crippen LogP contribution in [-0.2, 0) is 0 Å². The second-order valence-corrected chi connectivity index (χ2v) is 5.45. The van der Waals surface area contributed by atoms with Crippen molar-refractivity contribution in [2.24, 2.45) is 16.8 Å². The zero-order valence-electron chi connectivity index (χ0n) is 10.6. The smallest absolute Gasteiger partial charge is 0.408 e. The molecular formula is C11H21N3O3. The van der Waals surface area contributed by atoms with E-state index in [0.29, 0.717) is 0 Å². The summed E-state index contributed by atoms with van der Waals surface area (Å²) in [5.41, 5.74) is 5.14. The molecule has 1 fully saturated rings. The van der Waals surface area contributed by atoms with Crippen LogP contribution in [0.15, 0.2) is 5.16 Å². The summed E-state index contributed by atoms with van der Waals surface area (Å²) in [6, 6.07) is -0.205. The first-order chi connectivity index (χ1) is 7.79. The van der Waals surface area contributed by atoms with Gasteiger partial charge in [0.15, 0.2) is 0 Å². The van der Waals surface area contributed by atoms with Gasteiger partial charge in [0.1, 0.15) is 5.84 Å². The fourth-order valence-electron chi connectivity index (χ4n) is 2.59. The summed E-state index contributed by atoms with van der Waals surface area (Å²) in [4.78, 5) is 12.8. The molecule has 6 heteroatoms. The van der Waals surface area contributed by atoms with Crippen LogP contribution >= 0.6 is 0 Å². The molecule has 1 saturated carbocycles. The van der Waals surface area contributed by atoms with Gasteiger partial charge in [-0.25, -0.2) is 4.79 Å². The summed E-state index contributed by atoms with van der Waals surface area (Å²) in [5, 5.41) is 21.1. The SMILES string of the molecule is CC(C)(C)N(C(=O)O)[C@H]1CCC[C@H]1/C(N)=N\O. The Balaban J connectivity index is 2.99. The first-order valence-corrected chi connectivity index (χ1v) is 5.78. The molecule has 0 bridgehead atoms. The van der Waals surface area contributed by atoms with E-state index in [-0.39, 0.29) is 17.8 Å². The van der Waals surface area contributed by atoms with Gasteiger partial charge in [-0.3, -0.25) is 4.90 Å². The highest BCUT2D eigenvalue weighted by atomic mass is 16.4. The lowest BCUT2D eigenvalue weighted by atomic mass is 9.96. The third-order valence-electron chi connectivity index (χ3n) is 3.24. The minimum absolute atomic E-state index is 0.128. The predicted octanol–water partition coefficient (Wildman–Crippen LogP) is 1.68. The highest BCUT2D eigenvalue weighted by molar-refractivity contribution is 5.84. The van der Waals surface area contributed by atoms with Gasteiger partial charge in [0.2, 0.25) is 0 Å². The van der Waals surface area contributed by atoms with E-state index in [0.717, 1.165) is 19.3 Å². The number of nitrogens with zero attached hydrogens (tertiary/aromatic N) is 2. The maximum absolute atomic E-state index is 11.4. The molecule has 0 aromatic heterocycles. The Morgan fingerprint density at radius 2 is 2.00 bits per heavy atom. The molecule has 0 radical (unpaired) electrons. The van der Waals surface area contributed by atoms with Crippen LogP contribution < -0.4 is 5.73 Å². The van der Waals surface area contributed by atoms with Crippen LogP contribution in [0.3, 0.4) is 0 Å². The van der Waals surface area contributed by atoms with E-state index in [9.17, 15) is 9.90 Å². The molecule has 2 atom stereocenters. The van der Waals surface area contributed by atoms with E-state index >= 15 is 0 Å². The van der Waals surface area contributed by atoms with Gasteiger partial charge < -0.3 is 16.0 Å². The zero-order valence-corrected chi connectivity index (χ0v) is 10.6. The van der Waals surface area contributed by atoms with E-state index in [1.165, 1.54) is 4.90 Å². The molecule has 0 unspecified atom stereocenters. The molecule has 1 aliphatic rings. The van der Waals surface area contributed by atoms with E-state index in [1.807, 2.05) is 20.8 Å². The maximum Gasteiger partial charge on any atom is 0.408 e. The molecule has 1 rings (SSSR count). The molecule has 4 N–H and O–H groups in total. The maximum atomic E-state index is 11.4. The summed E-state index contributed by atoms with van der Waals surface area (Å²) < 4.78 is 0. The van der Waals surface area contributed by atoms with Crippen LogP contribution in [0.25, 0.3) is 0 Å². The number of hydrogen-bond donors (Lipinski definition) is 3. The predicted molar refractivity (Wildman–Crippen MR) is 64.2 cm³/mol. The molecular weight excluding hydrogens is 222 g/mol. The minimum Gasteiger partial charge on any atom is -0.465 e. The Kier molecular flexibility index (Phi) is 3.85. The van der Waals surface area contributed by atoms with Gasteiger partial charge in [0.05, 0.1) is 0 Å². The van der Waals surface area contributed by atoms with Crippen LogP contribution in [0.5, 0.6) is 0 Å². The van der Waals surface area contributed by atoms with Crippen molar-refractivity contribution in [2.45, 2.75) is 51.6 Å². The van der Waals surface area contributed by atoms with Gasteiger partial charge >= 0.3 is 6.09 Å². The second kappa shape index (κ2) is 4.81. The van der Waals surface area contributed by atoms with Gasteiger partial charge in [0.25, 0.3) is 0 Å². The lowest BCUT2D eigenvalue weighted by molar-refractivity contribution is 0.0647. The number of carbonyl (C=O) groups is 1. The number of amides is 1. The van der Waals surface area contributed by atoms with Gasteiger partial charge in [-0.15, -0.1) is 0 Å². The summed E-state index contributed by atoms with van der Waals surface area (Å²) >= 11 is 0. The second-order valence-electron chi connectivity index (χ2n) is 5.45. The van der Waals surface area contributed by atoms with Crippen LogP contribution in [0.2, 0.25) is 0 Å². The summed E-state index contributed by atoms with van der Waals surface area (Å²) in [7, 11) is 0. The summed E-state index contributed by atoms with van der Waals surface area (Å²) in [5.74, 6) is -0.0571. The molecule has 0 heterocycles. The van der Waals surface area contributed by atoms with Crippen molar-refractivity contribution in [1.82, 2.24) is 4.90 Å². The average Bonchev–Trinajstić information content (AvgIpc) is 2.62. The molecule has 0 spiro atoms. The average molecular weight is 243 g/mol. The highest BCUT2D eigenvalue weighted by Gasteiger charge is 2.41. The highest BCUT2D eigenvalue weighted by Crippen LogP contribution is 2.34. The third-order valence-corrected chi connectivity index (χ3v) is 3.24. The number of oxime groups is 1. The molecule has 0 aliphatic heterocycles. The molecule has 17 heavy (non-hydrogen) atoms. The normalized spacial score (nSPS) is 25.9. The molecule has 0 aromatic rings. The van der Waals surface area contributed by atoms with E-state index in [1.54, 1.807) is 0 Å². The van der Waals surface area contributed by atoms with Crippen LogP contribution in [-0.4, -0.2) is 38.7 Å². The fraction of sp³-hybridized carbons (Fsp3) is 0.818. The van der Waals surface area contributed by atoms with Crippen molar-refractivity contribution in [3.8, 4) is 0 Å². The Morgan fingerprint density at radius 1 is 1.41 bits per heavy atom. The molecule has 1 aliphatic carbocycles. The molecule has 98 valence electrons. The van der Waals surface area contributed by atoms with Gasteiger partial charge in [-0.05, 0) is 33.6 Å². The van der Waals surface area contributed by atoms with Crippen molar-refractivity contribution in [3.05, 3.63) is 0 Å². The minimum atomic E-state index is -0.958. The number of amidine groups is 1. The lowest BCUT2D eigenvalue weighted by Crippen LogP contribution is -2.54. The Morgan fingerprint density at radius 3 is 2.41 bits per heavy atom. The van der Waals surface area contributed by atoms with Gasteiger partial charge in [-0.1, -0.05) is 11.6 Å². The number of nitrogens with two attached hydrogens (primary N) is 1. The Labute approximate surface area is 101 Å². The quantitative estimate of drug-likeness (QED) is 0.297. The van der Waals surface area contributed by atoms with Crippen LogP contribution in [0, 0.1) is 5.92 Å². The molecule has 6 nitrogen and oxygen atoms in total. The zero-order chi connectivity index (χ0) is 13.2. The topological polar surface area (TPSA) is 99.2 Å². The largest absolute Gasteiger partial charge is 0.465 e. The van der Waals surface area contributed by atoms with Gasteiger partial charge in [0, 0.05) is 17.5 Å². The monoisotopic (exact) mass is 243 g/mol. The first kappa shape index (κ1) is 13.6. The molecule has 1 amide bonds. The number of carboxylic acid groups (broad SMARTS) is 1. The van der Waals surface area contributed by atoms with Crippen molar-refractivity contribution in [3.63, 3.8) is 0 Å². The summed E-state index contributed by atoms with van der Waals surface area (Å²) in [6.07, 6.45) is 1.45. The van der Waals surface area contributed by atoms with E-state index in [4.69, 9.17) is 10.9 Å². The Hall–Kier alpha value is -1.46. The molecule has 0 saturated heterocycles. The van der Waals surface area contributed by atoms with E-state index < -0.39 is 11.6 Å². The number of hydrogen-bond acceptors (Lipinski definition) is 3. The third kappa shape index (κ3) is 2.81. The standard InChI is InChI=1S/C11H21N3O3/c1-11(2,3)14(10(15)16)8-6-4-5-7(8)9(12)13-17/h7-8,17H,4-6H2,1-3H3,(H2,12,13)(H,15,16)/t7-,8+/m1/s1. The van der Waals surface area contributed by atoms with Crippen molar-refractivity contribution in [1.29, 1.82) is 0 Å². The number of rotatable bonds is 2. The summed E-state index contributed by atoms with van der Waals surface area (Å²) in [6.45, 7) is 5.55. The van der Waals surface area contributed by atoms with Crippen LogP contribution in [0.1, 0.15) is 40.0 Å². The van der Waals surface area contributed by atoms with Crippen molar-refractivity contribution in [2.75, 3.05) is 0 Å². The van der Waals surface area contributed by atoms with E-state index in [2.05, 4.69) is 5.16 Å². The molecule has 0 aromatic carbocycles. The first-order valence-electron chi connectivity index (χ1n) is 5.78. The Bertz CT molecular complexity index is 322. The lowest BCUT2D eigenvalue weighted by Gasteiger charge is -2.40. The van der Waals surface area contributed by atoms with Gasteiger partial charge in [-0.2, -0.15) is 0 Å². The van der Waals surface area contributed by atoms with Crippen LogP contribution in [0.4, 0.5) is 4.79 Å².